The van der Waals surface area contributed by atoms with E-state index in [2.05, 4.69) is 11.0 Å². The van der Waals surface area contributed by atoms with Crippen LogP contribution < -0.4 is 4.90 Å². The lowest BCUT2D eigenvalue weighted by atomic mass is 10.0. The number of ether oxygens (including phenoxy) is 1. The first-order valence-electron chi connectivity index (χ1n) is 6.15. The van der Waals surface area contributed by atoms with Gasteiger partial charge in [-0.25, -0.2) is 0 Å². The van der Waals surface area contributed by atoms with Crippen LogP contribution in [0, 0.1) is 11.3 Å². The number of rotatable bonds is 3. The Morgan fingerprint density at radius 1 is 1.44 bits per heavy atom. The van der Waals surface area contributed by atoms with E-state index in [9.17, 15) is 5.26 Å². The van der Waals surface area contributed by atoms with Crippen LogP contribution in [0.4, 0.5) is 5.69 Å². The number of anilines is 1. The van der Waals surface area contributed by atoms with Gasteiger partial charge in [0.1, 0.15) is 6.07 Å². The molecule has 96 valence electrons. The van der Waals surface area contributed by atoms with Crippen molar-refractivity contribution in [3.05, 3.63) is 29.3 Å². The second-order valence-corrected chi connectivity index (χ2v) is 4.79. The van der Waals surface area contributed by atoms with Gasteiger partial charge in [-0.15, -0.1) is 11.6 Å². The van der Waals surface area contributed by atoms with Gasteiger partial charge in [-0.3, -0.25) is 0 Å². The summed E-state index contributed by atoms with van der Waals surface area (Å²) in [6, 6.07) is 8.14. The lowest BCUT2D eigenvalue weighted by Crippen LogP contribution is -2.37. The van der Waals surface area contributed by atoms with Gasteiger partial charge in [0.05, 0.1) is 17.4 Å². The molecule has 0 saturated carbocycles. The van der Waals surface area contributed by atoms with E-state index >= 15 is 0 Å². The Balaban J connectivity index is 2.16. The molecule has 0 spiro atoms. The van der Waals surface area contributed by atoms with E-state index in [4.69, 9.17) is 16.3 Å². The third-order valence-electron chi connectivity index (χ3n) is 3.45. The molecule has 0 aliphatic carbocycles. The summed E-state index contributed by atoms with van der Waals surface area (Å²) in [5.74, 6) is 0.445. The lowest BCUT2D eigenvalue weighted by Gasteiger charge is -2.33. The fourth-order valence-electron chi connectivity index (χ4n) is 2.36. The molecule has 0 aromatic heterocycles. The number of halogens is 1. The monoisotopic (exact) mass is 264 g/mol. The van der Waals surface area contributed by atoms with E-state index in [1.165, 1.54) is 0 Å². The Bertz CT molecular complexity index is 448. The fourth-order valence-corrected chi connectivity index (χ4v) is 2.53. The van der Waals surface area contributed by atoms with Crippen LogP contribution in [0.5, 0.6) is 0 Å². The number of methoxy groups -OCH3 is 1. The Morgan fingerprint density at radius 3 is 2.72 bits per heavy atom. The predicted octanol–water partition coefficient (Wildman–Crippen LogP) is 2.91. The molecule has 1 saturated heterocycles. The van der Waals surface area contributed by atoms with Crippen LogP contribution in [0.1, 0.15) is 24.0 Å². The molecule has 1 aliphatic rings. The molecule has 0 atom stereocenters. The van der Waals surface area contributed by atoms with Crippen molar-refractivity contribution in [2.45, 2.75) is 24.8 Å². The minimum atomic E-state index is 0.355. The highest BCUT2D eigenvalue weighted by molar-refractivity contribution is 6.17. The molecular weight excluding hydrogens is 248 g/mol. The molecule has 0 unspecified atom stereocenters. The Labute approximate surface area is 113 Å². The highest BCUT2D eigenvalue weighted by Gasteiger charge is 2.20. The van der Waals surface area contributed by atoms with Crippen molar-refractivity contribution in [3.63, 3.8) is 0 Å². The fraction of sp³-hybridized carbons (Fsp3) is 0.500. The SMILES string of the molecule is COC1CCN(c2ccc(CCl)cc2C#N)CC1. The number of alkyl halides is 1. The summed E-state index contributed by atoms with van der Waals surface area (Å²) >= 11 is 5.79. The molecule has 0 amide bonds. The summed E-state index contributed by atoms with van der Waals surface area (Å²) in [4.78, 5) is 2.26. The van der Waals surface area contributed by atoms with E-state index in [1.54, 1.807) is 7.11 Å². The van der Waals surface area contributed by atoms with E-state index < -0.39 is 0 Å². The normalized spacial score (nSPS) is 16.6. The van der Waals surface area contributed by atoms with Crippen LogP contribution in [0.2, 0.25) is 0 Å². The molecule has 2 rings (SSSR count). The molecule has 0 bridgehead atoms. The van der Waals surface area contributed by atoms with E-state index in [1.807, 2.05) is 18.2 Å². The molecule has 18 heavy (non-hydrogen) atoms. The average Bonchev–Trinajstić information content (AvgIpc) is 2.46. The van der Waals surface area contributed by atoms with Crippen LogP contribution in [-0.2, 0) is 10.6 Å². The first-order chi connectivity index (χ1) is 8.78. The largest absolute Gasteiger partial charge is 0.381 e. The third-order valence-corrected chi connectivity index (χ3v) is 3.76. The number of hydrogen-bond acceptors (Lipinski definition) is 3. The number of hydrogen-bond donors (Lipinski definition) is 0. The van der Waals surface area contributed by atoms with Crippen molar-refractivity contribution in [1.29, 1.82) is 5.26 Å². The number of nitrogens with zero attached hydrogens (tertiary/aromatic N) is 2. The smallest absolute Gasteiger partial charge is 0.101 e. The molecular formula is C14H17ClN2O. The molecule has 1 fully saturated rings. The van der Waals surface area contributed by atoms with Crippen molar-refractivity contribution in [2.75, 3.05) is 25.1 Å². The number of benzene rings is 1. The lowest BCUT2D eigenvalue weighted by molar-refractivity contribution is 0.0819. The Hall–Kier alpha value is -1.24. The summed E-state index contributed by atoms with van der Waals surface area (Å²) in [5.41, 5.74) is 2.72. The molecule has 3 nitrogen and oxygen atoms in total. The Kier molecular flexibility index (Phi) is 4.46. The van der Waals surface area contributed by atoms with Crippen LogP contribution in [0.3, 0.4) is 0 Å². The van der Waals surface area contributed by atoms with E-state index in [0.717, 1.165) is 37.2 Å². The zero-order valence-electron chi connectivity index (χ0n) is 10.5. The van der Waals surface area contributed by atoms with Crippen molar-refractivity contribution in [1.82, 2.24) is 0 Å². The zero-order valence-corrected chi connectivity index (χ0v) is 11.3. The molecule has 0 radical (unpaired) electrons. The highest BCUT2D eigenvalue weighted by atomic mass is 35.5. The highest BCUT2D eigenvalue weighted by Crippen LogP contribution is 2.26. The van der Waals surface area contributed by atoms with Crippen molar-refractivity contribution >= 4 is 17.3 Å². The van der Waals surface area contributed by atoms with Gasteiger partial charge in [-0.1, -0.05) is 6.07 Å². The van der Waals surface area contributed by atoms with Gasteiger partial charge >= 0.3 is 0 Å². The topological polar surface area (TPSA) is 36.3 Å². The molecule has 4 heteroatoms. The van der Waals surface area contributed by atoms with Crippen LogP contribution in [0.25, 0.3) is 0 Å². The molecule has 1 aromatic carbocycles. The van der Waals surface area contributed by atoms with E-state index in [0.29, 0.717) is 17.5 Å². The maximum absolute atomic E-state index is 9.22. The minimum absolute atomic E-state index is 0.355. The maximum atomic E-state index is 9.22. The molecule has 1 aromatic rings. The second kappa shape index (κ2) is 6.08. The zero-order chi connectivity index (χ0) is 13.0. The predicted molar refractivity (Wildman–Crippen MR) is 73.0 cm³/mol. The number of piperidine rings is 1. The summed E-state index contributed by atoms with van der Waals surface area (Å²) < 4.78 is 5.36. The average molecular weight is 265 g/mol. The first-order valence-corrected chi connectivity index (χ1v) is 6.68. The van der Waals surface area contributed by atoms with Gasteiger partial charge in [0.2, 0.25) is 0 Å². The van der Waals surface area contributed by atoms with Gasteiger partial charge in [0.15, 0.2) is 0 Å². The van der Waals surface area contributed by atoms with Gasteiger partial charge in [-0.05, 0) is 30.5 Å². The van der Waals surface area contributed by atoms with Crippen LogP contribution in [0.15, 0.2) is 18.2 Å². The van der Waals surface area contributed by atoms with Crippen molar-refractivity contribution < 1.29 is 4.74 Å². The second-order valence-electron chi connectivity index (χ2n) is 4.52. The summed E-state index contributed by atoms with van der Waals surface area (Å²) in [6.45, 7) is 1.88. The molecule has 1 aliphatic heterocycles. The first kappa shape index (κ1) is 13.2. The van der Waals surface area contributed by atoms with Crippen LogP contribution >= 0.6 is 11.6 Å². The molecule has 1 heterocycles. The quantitative estimate of drug-likeness (QED) is 0.788. The van der Waals surface area contributed by atoms with Crippen molar-refractivity contribution in [3.8, 4) is 6.07 Å². The third kappa shape index (κ3) is 2.77. The summed E-state index contributed by atoms with van der Waals surface area (Å²) in [7, 11) is 1.76. The van der Waals surface area contributed by atoms with E-state index in [-0.39, 0.29) is 0 Å². The standard InChI is InChI=1S/C14H17ClN2O/c1-18-13-4-6-17(7-5-13)14-3-2-11(9-15)8-12(14)10-16/h2-3,8,13H,4-7,9H2,1H3. The van der Waals surface area contributed by atoms with Crippen LogP contribution in [-0.4, -0.2) is 26.3 Å². The molecule has 0 N–H and O–H groups in total. The summed E-state index contributed by atoms with van der Waals surface area (Å²) in [6.07, 6.45) is 2.38. The minimum Gasteiger partial charge on any atom is -0.381 e. The van der Waals surface area contributed by atoms with Crippen molar-refractivity contribution in [2.24, 2.45) is 0 Å². The van der Waals surface area contributed by atoms with Gasteiger partial charge in [-0.2, -0.15) is 5.26 Å². The van der Waals surface area contributed by atoms with Gasteiger partial charge < -0.3 is 9.64 Å². The number of nitriles is 1. The summed E-state index contributed by atoms with van der Waals surface area (Å²) in [5, 5.41) is 9.22. The maximum Gasteiger partial charge on any atom is 0.101 e. The Morgan fingerprint density at radius 2 is 2.17 bits per heavy atom. The van der Waals surface area contributed by atoms with Gasteiger partial charge in [0.25, 0.3) is 0 Å². The van der Waals surface area contributed by atoms with Gasteiger partial charge in [0, 0.05) is 26.1 Å².